The normalized spacial score (nSPS) is 10.8. The Hall–Kier alpha value is -2.67. The maximum absolute atomic E-state index is 11.8. The van der Waals surface area contributed by atoms with Crippen LogP contribution in [-0.2, 0) is 0 Å². The predicted molar refractivity (Wildman–Crippen MR) is 71.0 cm³/mol. The van der Waals surface area contributed by atoms with Gasteiger partial charge in [0.1, 0.15) is 0 Å². The fraction of sp³-hybridized carbons (Fsp3) is 0. The zero-order chi connectivity index (χ0) is 14.3. The van der Waals surface area contributed by atoms with E-state index in [2.05, 4.69) is 15.2 Å². The molecule has 0 amide bonds. The van der Waals surface area contributed by atoms with Crippen LogP contribution in [0.25, 0.3) is 17.0 Å². The van der Waals surface area contributed by atoms with E-state index in [-0.39, 0.29) is 33.0 Å². The number of rotatable bonds is 2. The summed E-state index contributed by atoms with van der Waals surface area (Å²) in [5.74, 6) is -0.901. The summed E-state index contributed by atoms with van der Waals surface area (Å²) in [7, 11) is 0. The Morgan fingerprint density at radius 3 is 2.90 bits per heavy atom. The van der Waals surface area contributed by atoms with Crippen LogP contribution in [0.3, 0.4) is 0 Å². The van der Waals surface area contributed by atoms with Crippen LogP contribution < -0.4 is 5.43 Å². The minimum Gasteiger partial charge on any atom is -0.478 e. The van der Waals surface area contributed by atoms with Gasteiger partial charge in [-0.2, -0.15) is 0 Å². The highest BCUT2D eigenvalue weighted by Crippen LogP contribution is 2.22. The fourth-order valence-corrected chi connectivity index (χ4v) is 2.09. The van der Waals surface area contributed by atoms with Gasteiger partial charge in [-0.25, -0.2) is 4.79 Å². The van der Waals surface area contributed by atoms with E-state index in [0.717, 1.165) is 0 Å². The fourth-order valence-electron chi connectivity index (χ4n) is 1.85. The van der Waals surface area contributed by atoms with Gasteiger partial charge in [-0.3, -0.25) is 9.20 Å². The molecule has 0 aliphatic rings. The van der Waals surface area contributed by atoms with E-state index in [1.165, 1.54) is 35.1 Å². The molecule has 20 heavy (non-hydrogen) atoms. The molecular formula is C12H7ClN4O3. The number of nitrogens with one attached hydrogen (secondary N) is 1. The number of fused-ring (bicyclic) bond motifs is 1. The molecule has 0 saturated carbocycles. The van der Waals surface area contributed by atoms with Gasteiger partial charge in [-0.05, 0) is 6.07 Å². The molecule has 0 atom stereocenters. The molecule has 3 aromatic rings. The Balaban J connectivity index is 2.36. The number of halogens is 1. The van der Waals surface area contributed by atoms with Crippen LogP contribution in [0, 0.1) is 0 Å². The molecule has 2 N–H and O–H groups in total. The molecule has 0 unspecified atom stereocenters. The van der Waals surface area contributed by atoms with Crippen molar-refractivity contribution in [3.63, 3.8) is 0 Å². The number of aromatic carboxylic acids is 1. The van der Waals surface area contributed by atoms with Crippen molar-refractivity contribution in [1.29, 1.82) is 0 Å². The van der Waals surface area contributed by atoms with Crippen LogP contribution in [-0.4, -0.2) is 30.7 Å². The van der Waals surface area contributed by atoms with E-state index in [0.29, 0.717) is 0 Å². The molecule has 0 saturated heterocycles. The lowest BCUT2D eigenvalue weighted by molar-refractivity contribution is 0.0696. The van der Waals surface area contributed by atoms with Gasteiger partial charge in [0.25, 0.3) is 0 Å². The van der Waals surface area contributed by atoms with Crippen molar-refractivity contribution >= 4 is 23.2 Å². The molecule has 100 valence electrons. The summed E-state index contributed by atoms with van der Waals surface area (Å²) < 4.78 is 1.39. The molecule has 3 rings (SSSR count). The highest BCUT2D eigenvalue weighted by atomic mass is 35.5. The Morgan fingerprint density at radius 2 is 2.20 bits per heavy atom. The third kappa shape index (κ3) is 1.84. The number of hydrogen-bond acceptors (Lipinski definition) is 4. The zero-order valence-corrected chi connectivity index (χ0v) is 10.6. The molecular weight excluding hydrogens is 284 g/mol. The average molecular weight is 291 g/mol. The standard InChI is InChI=1S/C12H7ClN4O3/c13-8-3-6(12(19)20)5-17-10(15-16-11(8)17)7-4-14-2-1-9(7)18/h1-5H,(H,14,18)(H,19,20). The third-order valence-electron chi connectivity index (χ3n) is 2.77. The molecule has 0 spiro atoms. The molecule has 0 aliphatic heterocycles. The number of pyridine rings is 2. The minimum atomic E-state index is -1.13. The van der Waals surface area contributed by atoms with E-state index in [9.17, 15) is 9.59 Å². The molecule has 0 aromatic carbocycles. The van der Waals surface area contributed by atoms with Gasteiger partial charge in [0.2, 0.25) is 0 Å². The second-order valence-electron chi connectivity index (χ2n) is 4.02. The summed E-state index contributed by atoms with van der Waals surface area (Å²) >= 11 is 5.97. The van der Waals surface area contributed by atoms with E-state index in [1.807, 2.05) is 0 Å². The summed E-state index contributed by atoms with van der Waals surface area (Å²) in [5, 5.41) is 17.0. The van der Waals surface area contributed by atoms with Crippen molar-refractivity contribution in [3.05, 3.63) is 51.5 Å². The van der Waals surface area contributed by atoms with Gasteiger partial charge in [0.15, 0.2) is 16.9 Å². The maximum atomic E-state index is 11.8. The molecule has 8 heteroatoms. The van der Waals surface area contributed by atoms with Gasteiger partial charge in [0.05, 0.1) is 16.1 Å². The second kappa shape index (κ2) is 4.46. The molecule has 0 bridgehead atoms. The van der Waals surface area contributed by atoms with Crippen molar-refractivity contribution in [2.24, 2.45) is 0 Å². The van der Waals surface area contributed by atoms with Crippen LogP contribution in [0.5, 0.6) is 0 Å². The van der Waals surface area contributed by atoms with E-state index < -0.39 is 5.97 Å². The number of carbonyl (C=O) groups is 1. The number of carboxylic acids is 1. The highest BCUT2D eigenvalue weighted by Gasteiger charge is 2.16. The number of nitrogens with zero attached hydrogens (tertiary/aromatic N) is 3. The summed E-state index contributed by atoms with van der Waals surface area (Å²) in [6.45, 7) is 0. The summed E-state index contributed by atoms with van der Waals surface area (Å²) in [5.41, 5.74) is 0.291. The molecule has 3 aromatic heterocycles. The predicted octanol–water partition coefficient (Wildman–Crippen LogP) is 1.44. The number of aromatic nitrogens is 4. The van der Waals surface area contributed by atoms with Gasteiger partial charge in [-0.15, -0.1) is 10.2 Å². The van der Waals surface area contributed by atoms with Gasteiger partial charge >= 0.3 is 5.97 Å². The first-order valence-corrected chi connectivity index (χ1v) is 5.91. The largest absolute Gasteiger partial charge is 0.478 e. The van der Waals surface area contributed by atoms with E-state index >= 15 is 0 Å². The van der Waals surface area contributed by atoms with Crippen molar-refractivity contribution in [2.75, 3.05) is 0 Å². The smallest absolute Gasteiger partial charge is 0.337 e. The number of H-pyrrole nitrogens is 1. The van der Waals surface area contributed by atoms with Crippen LogP contribution >= 0.6 is 11.6 Å². The molecule has 0 radical (unpaired) electrons. The highest BCUT2D eigenvalue weighted by molar-refractivity contribution is 6.33. The van der Waals surface area contributed by atoms with Crippen molar-refractivity contribution in [1.82, 2.24) is 19.6 Å². The maximum Gasteiger partial charge on any atom is 0.337 e. The minimum absolute atomic E-state index is 0.0177. The Morgan fingerprint density at radius 1 is 1.40 bits per heavy atom. The summed E-state index contributed by atoms with van der Waals surface area (Å²) in [4.78, 5) is 25.6. The number of hydrogen-bond donors (Lipinski definition) is 2. The molecule has 7 nitrogen and oxygen atoms in total. The first kappa shape index (κ1) is 12.4. The monoisotopic (exact) mass is 290 g/mol. The van der Waals surface area contributed by atoms with Crippen molar-refractivity contribution < 1.29 is 9.90 Å². The van der Waals surface area contributed by atoms with E-state index in [1.54, 1.807) is 0 Å². The van der Waals surface area contributed by atoms with Gasteiger partial charge in [-0.1, -0.05) is 11.6 Å². The number of carboxylic acid groups (broad SMARTS) is 1. The molecule has 3 heterocycles. The first-order valence-electron chi connectivity index (χ1n) is 5.53. The topological polar surface area (TPSA) is 100 Å². The Kier molecular flexibility index (Phi) is 2.76. The van der Waals surface area contributed by atoms with Crippen molar-refractivity contribution in [3.8, 4) is 11.4 Å². The second-order valence-corrected chi connectivity index (χ2v) is 4.43. The Labute approximate surface area is 116 Å². The van der Waals surface area contributed by atoms with Crippen LogP contribution in [0.4, 0.5) is 0 Å². The van der Waals surface area contributed by atoms with E-state index in [4.69, 9.17) is 16.7 Å². The van der Waals surface area contributed by atoms with Gasteiger partial charge < -0.3 is 10.1 Å². The van der Waals surface area contributed by atoms with Crippen LogP contribution in [0.1, 0.15) is 10.4 Å². The summed E-state index contributed by atoms with van der Waals surface area (Å²) in [6, 6.07) is 2.63. The molecule has 0 fully saturated rings. The lowest BCUT2D eigenvalue weighted by atomic mass is 10.2. The average Bonchev–Trinajstić information content (AvgIpc) is 2.83. The van der Waals surface area contributed by atoms with Gasteiger partial charge in [0, 0.05) is 24.7 Å². The first-order chi connectivity index (χ1) is 9.58. The quantitative estimate of drug-likeness (QED) is 0.744. The zero-order valence-electron chi connectivity index (χ0n) is 9.87. The van der Waals surface area contributed by atoms with Crippen LogP contribution in [0.2, 0.25) is 5.02 Å². The SMILES string of the molecule is O=C(O)c1cc(Cl)c2nnc(-c3c[nH]ccc3=O)n2c1. The summed E-state index contributed by atoms with van der Waals surface area (Å²) in [6.07, 6.45) is 4.29. The lowest BCUT2D eigenvalue weighted by Crippen LogP contribution is -2.06. The third-order valence-corrected chi connectivity index (χ3v) is 3.05. The number of aromatic amines is 1. The van der Waals surface area contributed by atoms with Crippen LogP contribution in [0.15, 0.2) is 35.5 Å². The van der Waals surface area contributed by atoms with Crippen molar-refractivity contribution in [2.45, 2.75) is 0 Å². The lowest BCUT2D eigenvalue weighted by Gasteiger charge is -2.02. The Bertz CT molecular complexity index is 884. The molecule has 0 aliphatic carbocycles.